The van der Waals surface area contributed by atoms with Crippen molar-refractivity contribution in [3.63, 3.8) is 0 Å². The lowest BCUT2D eigenvalue weighted by Crippen LogP contribution is -2.23. The summed E-state index contributed by atoms with van der Waals surface area (Å²) in [6, 6.07) is 6.46. The van der Waals surface area contributed by atoms with Gasteiger partial charge >= 0.3 is 0 Å². The standard InChI is InChI=1S/C16H22N2O2.ClH/c19-16(4-2-12-5-6-20-11-12)18-8-13-1-3-14-9-17-10-15(14)7-13;/h1,3,7,12,17H,2,4-6,8-11H2,(H,18,19);1H. The van der Waals surface area contributed by atoms with Gasteiger partial charge in [0.1, 0.15) is 0 Å². The highest BCUT2D eigenvalue weighted by Gasteiger charge is 2.16. The van der Waals surface area contributed by atoms with Gasteiger partial charge < -0.3 is 15.4 Å². The van der Waals surface area contributed by atoms with Crippen molar-refractivity contribution in [3.8, 4) is 0 Å². The Hall–Kier alpha value is -1.10. The summed E-state index contributed by atoms with van der Waals surface area (Å²) < 4.78 is 5.32. The van der Waals surface area contributed by atoms with E-state index in [4.69, 9.17) is 4.74 Å². The van der Waals surface area contributed by atoms with Gasteiger partial charge in [-0.25, -0.2) is 0 Å². The molecule has 1 saturated heterocycles. The lowest BCUT2D eigenvalue weighted by molar-refractivity contribution is -0.121. The van der Waals surface area contributed by atoms with E-state index in [9.17, 15) is 4.79 Å². The second-order valence-electron chi connectivity index (χ2n) is 5.75. The summed E-state index contributed by atoms with van der Waals surface area (Å²) in [5.41, 5.74) is 3.92. The summed E-state index contributed by atoms with van der Waals surface area (Å²) in [7, 11) is 0. The average molecular weight is 311 g/mol. The fraction of sp³-hybridized carbons (Fsp3) is 0.562. The van der Waals surface area contributed by atoms with Gasteiger partial charge in [0, 0.05) is 39.3 Å². The molecule has 21 heavy (non-hydrogen) atoms. The highest BCUT2D eigenvalue weighted by molar-refractivity contribution is 5.85. The molecular formula is C16H23ClN2O2. The molecule has 0 aromatic heterocycles. The van der Waals surface area contributed by atoms with Crippen LogP contribution >= 0.6 is 12.4 Å². The number of halogens is 1. The summed E-state index contributed by atoms with van der Waals surface area (Å²) in [5.74, 6) is 0.724. The van der Waals surface area contributed by atoms with Crippen LogP contribution in [0.4, 0.5) is 0 Å². The maximum absolute atomic E-state index is 11.8. The van der Waals surface area contributed by atoms with E-state index < -0.39 is 0 Å². The van der Waals surface area contributed by atoms with Gasteiger partial charge in [0.05, 0.1) is 0 Å². The molecule has 1 atom stereocenters. The largest absolute Gasteiger partial charge is 0.381 e. The van der Waals surface area contributed by atoms with Crippen molar-refractivity contribution in [2.45, 2.75) is 38.9 Å². The van der Waals surface area contributed by atoms with E-state index in [1.165, 1.54) is 16.7 Å². The van der Waals surface area contributed by atoms with Crippen molar-refractivity contribution in [3.05, 3.63) is 34.9 Å². The molecular weight excluding hydrogens is 288 g/mol. The molecule has 0 spiro atoms. The molecule has 0 bridgehead atoms. The van der Waals surface area contributed by atoms with Crippen molar-refractivity contribution < 1.29 is 9.53 Å². The summed E-state index contributed by atoms with van der Waals surface area (Å²) in [5, 5.41) is 6.35. The van der Waals surface area contributed by atoms with Crippen molar-refractivity contribution in [2.24, 2.45) is 5.92 Å². The number of rotatable bonds is 5. The normalized spacial score (nSPS) is 19.9. The Kier molecular flexibility index (Phi) is 6.03. The maximum atomic E-state index is 11.8. The third kappa shape index (κ3) is 4.43. The van der Waals surface area contributed by atoms with E-state index in [1.807, 2.05) is 0 Å². The molecule has 1 aromatic carbocycles. The van der Waals surface area contributed by atoms with E-state index in [-0.39, 0.29) is 18.3 Å². The second kappa shape index (κ2) is 7.78. The predicted molar refractivity (Wildman–Crippen MR) is 84.2 cm³/mol. The van der Waals surface area contributed by atoms with Gasteiger partial charge in [0.25, 0.3) is 0 Å². The van der Waals surface area contributed by atoms with Crippen molar-refractivity contribution in [1.29, 1.82) is 0 Å². The number of amides is 1. The number of fused-ring (bicyclic) bond motifs is 1. The van der Waals surface area contributed by atoms with E-state index >= 15 is 0 Å². The number of nitrogens with one attached hydrogen (secondary N) is 2. The number of carbonyl (C=O) groups is 1. The van der Waals surface area contributed by atoms with Gasteiger partial charge in [-0.1, -0.05) is 18.2 Å². The third-order valence-corrected chi connectivity index (χ3v) is 4.19. The molecule has 0 saturated carbocycles. The van der Waals surface area contributed by atoms with Crippen LogP contribution in [0.15, 0.2) is 18.2 Å². The van der Waals surface area contributed by atoms with Gasteiger partial charge in [-0.15, -0.1) is 12.4 Å². The van der Waals surface area contributed by atoms with Crippen LogP contribution in [-0.4, -0.2) is 19.1 Å². The van der Waals surface area contributed by atoms with Crippen LogP contribution in [-0.2, 0) is 29.2 Å². The zero-order chi connectivity index (χ0) is 13.8. The van der Waals surface area contributed by atoms with Crippen molar-refractivity contribution in [2.75, 3.05) is 13.2 Å². The van der Waals surface area contributed by atoms with Crippen LogP contribution in [0.25, 0.3) is 0 Å². The molecule has 0 aliphatic carbocycles. The summed E-state index contributed by atoms with van der Waals surface area (Å²) in [4.78, 5) is 11.8. The molecule has 1 aromatic rings. The van der Waals surface area contributed by atoms with E-state index in [0.29, 0.717) is 18.9 Å². The molecule has 2 aliphatic rings. The van der Waals surface area contributed by atoms with Gasteiger partial charge in [-0.2, -0.15) is 0 Å². The Morgan fingerprint density at radius 2 is 2.19 bits per heavy atom. The third-order valence-electron chi connectivity index (χ3n) is 4.19. The Morgan fingerprint density at radius 3 is 3.00 bits per heavy atom. The minimum atomic E-state index is 0. The molecule has 1 fully saturated rings. The monoisotopic (exact) mass is 310 g/mol. The van der Waals surface area contributed by atoms with Crippen LogP contribution in [0.1, 0.15) is 36.0 Å². The van der Waals surface area contributed by atoms with E-state index in [0.717, 1.165) is 39.1 Å². The highest BCUT2D eigenvalue weighted by atomic mass is 35.5. The smallest absolute Gasteiger partial charge is 0.220 e. The summed E-state index contributed by atoms with van der Waals surface area (Å²) in [6.07, 6.45) is 2.66. The zero-order valence-electron chi connectivity index (χ0n) is 12.2. The van der Waals surface area contributed by atoms with Gasteiger partial charge in [0.15, 0.2) is 0 Å². The van der Waals surface area contributed by atoms with Crippen LogP contribution in [0, 0.1) is 5.92 Å². The lowest BCUT2D eigenvalue weighted by Gasteiger charge is -2.09. The Balaban J connectivity index is 0.00000161. The number of hydrogen-bond donors (Lipinski definition) is 2. The van der Waals surface area contributed by atoms with E-state index in [2.05, 4.69) is 28.8 Å². The first-order valence-corrected chi connectivity index (χ1v) is 7.47. The fourth-order valence-corrected chi connectivity index (χ4v) is 2.89. The number of benzene rings is 1. The molecule has 0 radical (unpaired) electrons. The van der Waals surface area contributed by atoms with E-state index in [1.54, 1.807) is 0 Å². The van der Waals surface area contributed by atoms with Crippen molar-refractivity contribution >= 4 is 18.3 Å². The summed E-state index contributed by atoms with van der Waals surface area (Å²) in [6.45, 7) is 4.22. The Labute approximate surface area is 132 Å². The highest BCUT2D eigenvalue weighted by Crippen LogP contribution is 2.18. The summed E-state index contributed by atoms with van der Waals surface area (Å²) >= 11 is 0. The number of ether oxygens (including phenoxy) is 1. The van der Waals surface area contributed by atoms with Crippen LogP contribution in [0.5, 0.6) is 0 Å². The first-order chi connectivity index (χ1) is 9.81. The Morgan fingerprint density at radius 1 is 1.33 bits per heavy atom. The molecule has 2 heterocycles. The fourth-order valence-electron chi connectivity index (χ4n) is 2.89. The second-order valence-corrected chi connectivity index (χ2v) is 5.75. The van der Waals surface area contributed by atoms with Gasteiger partial charge in [0.2, 0.25) is 5.91 Å². The number of hydrogen-bond acceptors (Lipinski definition) is 3. The minimum Gasteiger partial charge on any atom is -0.381 e. The molecule has 2 N–H and O–H groups in total. The van der Waals surface area contributed by atoms with Gasteiger partial charge in [-0.3, -0.25) is 4.79 Å². The first kappa shape index (κ1) is 16.3. The number of carbonyl (C=O) groups excluding carboxylic acids is 1. The molecule has 3 rings (SSSR count). The molecule has 1 amide bonds. The van der Waals surface area contributed by atoms with Crippen molar-refractivity contribution in [1.82, 2.24) is 10.6 Å². The molecule has 4 nitrogen and oxygen atoms in total. The lowest BCUT2D eigenvalue weighted by atomic mass is 10.0. The zero-order valence-corrected chi connectivity index (χ0v) is 13.0. The molecule has 116 valence electrons. The molecule has 2 aliphatic heterocycles. The van der Waals surface area contributed by atoms with Crippen LogP contribution in [0.3, 0.4) is 0 Å². The van der Waals surface area contributed by atoms with Crippen LogP contribution in [0.2, 0.25) is 0 Å². The SMILES string of the molecule is Cl.O=C(CCC1CCOC1)NCc1ccc2c(c1)CNC2. The van der Waals surface area contributed by atoms with Gasteiger partial charge in [-0.05, 0) is 35.4 Å². The topological polar surface area (TPSA) is 50.4 Å². The quantitative estimate of drug-likeness (QED) is 0.876. The molecule has 5 heteroatoms. The Bertz CT molecular complexity index is 487. The first-order valence-electron chi connectivity index (χ1n) is 7.47. The molecule has 1 unspecified atom stereocenters. The minimum absolute atomic E-state index is 0. The van der Waals surface area contributed by atoms with Crippen LogP contribution < -0.4 is 10.6 Å². The predicted octanol–water partition coefficient (Wildman–Crippen LogP) is 2.14. The maximum Gasteiger partial charge on any atom is 0.220 e. The average Bonchev–Trinajstić information content (AvgIpc) is 3.13.